The second kappa shape index (κ2) is 3.38. The van der Waals surface area contributed by atoms with Crippen LogP contribution in [0.4, 0.5) is 5.95 Å². The predicted octanol–water partition coefficient (Wildman–Crippen LogP) is 0.138. The molecule has 0 aromatic carbocycles. The molecule has 1 N–H and O–H groups in total. The number of anilines is 1. The fourth-order valence-electron chi connectivity index (χ4n) is 1.64. The van der Waals surface area contributed by atoms with Gasteiger partial charge in [0, 0.05) is 38.9 Å². The number of rotatable bonds is 1. The molecule has 4 heteroatoms. The van der Waals surface area contributed by atoms with Gasteiger partial charge in [-0.2, -0.15) is 0 Å². The minimum Gasteiger partial charge on any atom is -0.340 e. The number of imidazole rings is 1. The summed E-state index contributed by atoms with van der Waals surface area (Å²) < 4.78 is 2.14. The normalized spacial score (nSPS) is 17.8. The summed E-state index contributed by atoms with van der Waals surface area (Å²) in [6.45, 7) is 6.32. The molecule has 0 bridgehead atoms. The number of aryl methyl sites for hydroxylation is 1. The van der Waals surface area contributed by atoms with Crippen LogP contribution < -0.4 is 10.2 Å². The minimum absolute atomic E-state index is 1.06. The van der Waals surface area contributed by atoms with Gasteiger partial charge in [0.05, 0.1) is 6.20 Å². The number of nitrogens with zero attached hydrogens (tertiary/aromatic N) is 3. The number of piperazine rings is 1. The first-order valence-electron chi connectivity index (χ1n) is 4.73. The van der Waals surface area contributed by atoms with Crippen LogP contribution in [0.2, 0.25) is 0 Å². The van der Waals surface area contributed by atoms with E-state index in [0.29, 0.717) is 0 Å². The van der Waals surface area contributed by atoms with Gasteiger partial charge in [0.15, 0.2) is 0 Å². The van der Waals surface area contributed by atoms with Gasteiger partial charge < -0.3 is 14.8 Å². The zero-order valence-electron chi connectivity index (χ0n) is 8.25. The van der Waals surface area contributed by atoms with Crippen molar-refractivity contribution in [3.05, 3.63) is 11.9 Å². The Morgan fingerprint density at radius 3 is 2.62 bits per heavy atom. The average molecular weight is 180 g/mol. The highest BCUT2D eigenvalue weighted by Crippen LogP contribution is 2.13. The van der Waals surface area contributed by atoms with E-state index in [2.05, 4.69) is 33.7 Å². The van der Waals surface area contributed by atoms with Crippen LogP contribution in [-0.2, 0) is 7.05 Å². The maximum atomic E-state index is 4.40. The largest absolute Gasteiger partial charge is 0.340 e. The van der Waals surface area contributed by atoms with Gasteiger partial charge in [0.2, 0.25) is 5.95 Å². The average Bonchev–Trinajstić information content (AvgIpc) is 2.49. The van der Waals surface area contributed by atoms with Gasteiger partial charge in [-0.1, -0.05) is 0 Å². The van der Waals surface area contributed by atoms with Gasteiger partial charge in [0.25, 0.3) is 0 Å². The molecule has 0 aliphatic carbocycles. The fourth-order valence-corrected chi connectivity index (χ4v) is 1.64. The highest BCUT2D eigenvalue weighted by atomic mass is 15.3. The van der Waals surface area contributed by atoms with Gasteiger partial charge in [-0.15, -0.1) is 0 Å². The van der Waals surface area contributed by atoms with E-state index in [1.807, 2.05) is 6.20 Å². The molecular weight excluding hydrogens is 164 g/mol. The Morgan fingerprint density at radius 1 is 1.38 bits per heavy atom. The summed E-state index contributed by atoms with van der Waals surface area (Å²) in [5, 5.41) is 3.33. The molecule has 2 rings (SSSR count). The monoisotopic (exact) mass is 180 g/mol. The molecule has 1 aromatic rings. The van der Waals surface area contributed by atoms with E-state index in [1.54, 1.807) is 0 Å². The van der Waals surface area contributed by atoms with Crippen molar-refractivity contribution >= 4 is 5.95 Å². The minimum atomic E-state index is 1.06. The van der Waals surface area contributed by atoms with Crippen molar-refractivity contribution in [3.63, 3.8) is 0 Å². The van der Waals surface area contributed by atoms with E-state index < -0.39 is 0 Å². The van der Waals surface area contributed by atoms with E-state index in [9.17, 15) is 0 Å². The third-order valence-electron chi connectivity index (χ3n) is 2.60. The van der Waals surface area contributed by atoms with Crippen LogP contribution in [0.15, 0.2) is 6.20 Å². The van der Waals surface area contributed by atoms with Gasteiger partial charge >= 0.3 is 0 Å². The molecule has 2 heterocycles. The molecule has 1 saturated heterocycles. The molecule has 0 atom stereocenters. The number of hydrogen-bond donors (Lipinski definition) is 1. The summed E-state index contributed by atoms with van der Waals surface area (Å²) in [4.78, 5) is 6.72. The Kier molecular flexibility index (Phi) is 2.22. The molecule has 0 spiro atoms. The van der Waals surface area contributed by atoms with Crippen LogP contribution in [0, 0.1) is 6.92 Å². The molecule has 0 amide bonds. The lowest BCUT2D eigenvalue weighted by Gasteiger charge is -2.28. The van der Waals surface area contributed by atoms with E-state index in [4.69, 9.17) is 0 Å². The second-order valence-electron chi connectivity index (χ2n) is 3.50. The topological polar surface area (TPSA) is 33.1 Å². The van der Waals surface area contributed by atoms with Crippen LogP contribution in [0.5, 0.6) is 0 Å². The first-order valence-corrected chi connectivity index (χ1v) is 4.73. The highest BCUT2D eigenvalue weighted by Gasteiger charge is 2.14. The number of nitrogens with one attached hydrogen (secondary N) is 1. The first kappa shape index (κ1) is 8.56. The Morgan fingerprint density at radius 2 is 2.08 bits per heavy atom. The maximum absolute atomic E-state index is 4.40. The molecule has 1 fully saturated rings. The van der Waals surface area contributed by atoms with Gasteiger partial charge in [-0.05, 0) is 6.92 Å². The third kappa shape index (κ3) is 1.54. The molecule has 0 saturated carbocycles. The Bertz CT molecular complexity index is 286. The van der Waals surface area contributed by atoms with Gasteiger partial charge in [0.1, 0.15) is 0 Å². The van der Waals surface area contributed by atoms with Gasteiger partial charge in [-0.25, -0.2) is 4.98 Å². The van der Waals surface area contributed by atoms with Crippen molar-refractivity contribution < 1.29 is 0 Å². The fraction of sp³-hybridized carbons (Fsp3) is 0.667. The van der Waals surface area contributed by atoms with E-state index in [1.165, 1.54) is 5.69 Å². The van der Waals surface area contributed by atoms with Crippen molar-refractivity contribution in [1.82, 2.24) is 14.9 Å². The molecule has 4 nitrogen and oxygen atoms in total. The Labute approximate surface area is 78.6 Å². The zero-order chi connectivity index (χ0) is 9.26. The van der Waals surface area contributed by atoms with E-state index in [0.717, 1.165) is 32.1 Å². The summed E-state index contributed by atoms with van der Waals surface area (Å²) in [5.41, 5.74) is 1.22. The SMILES string of the molecule is Cc1cnc(N2CCNCC2)n1C. The van der Waals surface area contributed by atoms with Crippen LogP contribution in [0.25, 0.3) is 0 Å². The van der Waals surface area contributed by atoms with Crippen LogP contribution in [-0.4, -0.2) is 35.7 Å². The lowest BCUT2D eigenvalue weighted by atomic mass is 10.4. The molecule has 13 heavy (non-hydrogen) atoms. The summed E-state index contributed by atoms with van der Waals surface area (Å²) in [6.07, 6.45) is 1.93. The molecule has 1 aliphatic rings. The van der Waals surface area contributed by atoms with Crippen molar-refractivity contribution in [2.24, 2.45) is 7.05 Å². The predicted molar refractivity (Wildman–Crippen MR) is 53.0 cm³/mol. The maximum Gasteiger partial charge on any atom is 0.205 e. The lowest BCUT2D eigenvalue weighted by Crippen LogP contribution is -2.44. The van der Waals surface area contributed by atoms with E-state index >= 15 is 0 Å². The van der Waals surface area contributed by atoms with Crippen LogP contribution in [0.1, 0.15) is 5.69 Å². The second-order valence-corrected chi connectivity index (χ2v) is 3.50. The van der Waals surface area contributed by atoms with Crippen LogP contribution >= 0.6 is 0 Å². The molecule has 1 aliphatic heterocycles. The molecule has 0 radical (unpaired) electrons. The van der Waals surface area contributed by atoms with Crippen molar-refractivity contribution in [2.45, 2.75) is 6.92 Å². The third-order valence-corrected chi connectivity index (χ3v) is 2.60. The summed E-state index contributed by atoms with van der Waals surface area (Å²) >= 11 is 0. The van der Waals surface area contributed by atoms with E-state index in [-0.39, 0.29) is 0 Å². The first-order chi connectivity index (χ1) is 6.29. The Balaban J connectivity index is 2.18. The number of aromatic nitrogens is 2. The summed E-state index contributed by atoms with van der Waals surface area (Å²) in [6, 6.07) is 0. The zero-order valence-corrected chi connectivity index (χ0v) is 8.25. The Hall–Kier alpha value is -1.03. The molecular formula is C9H16N4. The highest BCUT2D eigenvalue weighted by molar-refractivity contribution is 5.33. The van der Waals surface area contributed by atoms with Crippen molar-refractivity contribution in [2.75, 3.05) is 31.1 Å². The standard InChI is InChI=1S/C9H16N4/c1-8-7-11-9(12(8)2)13-5-3-10-4-6-13/h7,10H,3-6H2,1-2H3. The van der Waals surface area contributed by atoms with Crippen LogP contribution in [0.3, 0.4) is 0 Å². The summed E-state index contributed by atoms with van der Waals surface area (Å²) in [5.74, 6) is 1.10. The van der Waals surface area contributed by atoms with Crippen molar-refractivity contribution in [1.29, 1.82) is 0 Å². The van der Waals surface area contributed by atoms with Gasteiger partial charge in [-0.3, -0.25) is 0 Å². The van der Waals surface area contributed by atoms with Crippen molar-refractivity contribution in [3.8, 4) is 0 Å². The molecule has 0 unspecified atom stereocenters. The summed E-state index contributed by atoms with van der Waals surface area (Å²) in [7, 11) is 2.07. The quantitative estimate of drug-likeness (QED) is 0.667. The smallest absolute Gasteiger partial charge is 0.205 e. The molecule has 72 valence electrons. The molecule has 1 aromatic heterocycles. The lowest BCUT2D eigenvalue weighted by molar-refractivity contribution is 0.573. The number of hydrogen-bond acceptors (Lipinski definition) is 3.